The Morgan fingerprint density at radius 2 is 1.89 bits per heavy atom. The fourth-order valence-electron chi connectivity index (χ4n) is 0.227. The maximum absolute atomic E-state index is 9.79. The van der Waals surface area contributed by atoms with Crippen LogP contribution in [0.2, 0.25) is 0 Å². The summed E-state index contributed by atoms with van der Waals surface area (Å²) >= 11 is 0. The van der Waals surface area contributed by atoms with Crippen LogP contribution in [0.1, 0.15) is 20.3 Å². The van der Waals surface area contributed by atoms with Gasteiger partial charge in [0, 0.05) is 13.0 Å². The van der Waals surface area contributed by atoms with Crippen molar-refractivity contribution in [2.45, 2.75) is 20.3 Å². The van der Waals surface area contributed by atoms with E-state index < -0.39 is 0 Å². The first-order chi connectivity index (χ1) is 4.13. The molecule has 0 saturated carbocycles. The highest BCUT2D eigenvalue weighted by Gasteiger charge is 2.07. The summed E-state index contributed by atoms with van der Waals surface area (Å²) in [4.78, 5) is 9.79. The van der Waals surface area contributed by atoms with Gasteiger partial charge in [-0.05, 0) is 13.8 Å². The summed E-state index contributed by atoms with van der Waals surface area (Å²) in [5.74, 6) is 0.185. The molecule has 1 aliphatic rings. The molecule has 1 aliphatic heterocycles. The number of carbonyl (C=O) groups excluding carboxylic acids is 1. The molecule has 52 valence electrons. The first-order valence-electron chi connectivity index (χ1n) is 3.01. The van der Waals surface area contributed by atoms with E-state index in [4.69, 9.17) is 0 Å². The lowest BCUT2D eigenvalue weighted by atomic mass is 10.3. The van der Waals surface area contributed by atoms with Crippen LogP contribution in [0.15, 0.2) is 12.2 Å². The number of nitrogens with one attached hydrogen (secondary N) is 1. The van der Waals surface area contributed by atoms with Crippen LogP contribution in [-0.4, -0.2) is 12.5 Å². The number of allylic oxidation sites excluding steroid dienone is 1. The standard InChI is InChI=1S/C4H8.C3H5NO/c1-4(2)3;5-3-1-2-4-3/h1H2,2-3H3;1-2H2,(H,4,5). The Morgan fingerprint density at radius 1 is 1.67 bits per heavy atom. The lowest BCUT2D eigenvalue weighted by Gasteiger charge is -2.10. The highest BCUT2D eigenvalue weighted by molar-refractivity contribution is 5.81. The normalized spacial score (nSPS) is 14.2. The van der Waals surface area contributed by atoms with Crippen molar-refractivity contribution < 1.29 is 4.79 Å². The molecule has 0 unspecified atom stereocenters. The molecule has 0 aromatic heterocycles. The molecule has 2 nitrogen and oxygen atoms in total. The van der Waals surface area contributed by atoms with Gasteiger partial charge in [0.2, 0.25) is 5.91 Å². The lowest BCUT2D eigenvalue weighted by molar-refractivity contribution is -0.125. The summed E-state index contributed by atoms with van der Waals surface area (Å²) in [5, 5.41) is 2.57. The quantitative estimate of drug-likeness (QED) is 0.383. The molecule has 0 aromatic carbocycles. The van der Waals surface area contributed by atoms with Gasteiger partial charge in [0.25, 0.3) is 0 Å². The Morgan fingerprint density at radius 3 is 1.89 bits per heavy atom. The van der Waals surface area contributed by atoms with E-state index in [1.54, 1.807) is 0 Å². The lowest BCUT2D eigenvalue weighted by Crippen LogP contribution is -2.37. The molecule has 9 heavy (non-hydrogen) atoms. The molecule has 0 atom stereocenters. The van der Waals surface area contributed by atoms with Crippen LogP contribution in [-0.2, 0) is 4.79 Å². The monoisotopic (exact) mass is 127 g/mol. The molecule has 0 spiro atoms. The number of β-lactam (4-membered cyclic amide) rings is 1. The van der Waals surface area contributed by atoms with Gasteiger partial charge >= 0.3 is 0 Å². The second-order valence-corrected chi connectivity index (χ2v) is 2.31. The molecule has 1 N–H and O–H groups in total. The van der Waals surface area contributed by atoms with Crippen LogP contribution in [0.5, 0.6) is 0 Å². The predicted octanol–water partition coefficient (Wildman–Crippen LogP) is 1.09. The zero-order chi connectivity index (χ0) is 7.28. The Kier molecular flexibility index (Phi) is 3.76. The Bertz CT molecular complexity index is 108. The van der Waals surface area contributed by atoms with Crippen molar-refractivity contribution >= 4 is 5.91 Å². The van der Waals surface area contributed by atoms with Gasteiger partial charge in [-0.3, -0.25) is 4.79 Å². The van der Waals surface area contributed by atoms with E-state index in [-0.39, 0.29) is 5.91 Å². The topological polar surface area (TPSA) is 29.1 Å². The third-order valence-corrected chi connectivity index (χ3v) is 0.674. The molecule has 1 heterocycles. The number of hydrogen-bond donors (Lipinski definition) is 1. The van der Waals surface area contributed by atoms with Crippen molar-refractivity contribution in [3.63, 3.8) is 0 Å². The molecule has 0 radical (unpaired) electrons. The van der Waals surface area contributed by atoms with Gasteiger partial charge in [-0.25, -0.2) is 0 Å². The molecule has 1 amide bonds. The molecule has 2 heteroatoms. The van der Waals surface area contributed by atoms with Crippen LogP contribution >= 0.6 is 0 Å². The SMILES string of the molecule is C=C(C)C.O=C1CCN1. The molecule has 1 rings (SSSR count). The smallest absolute Gasteiger partial charge is 0.221 e. The van der Waals surface area contributed by atoms with Crippen molar-refractivity contribution in [3.8, 4) is 0 Å². The highest BCUT2D eigenvalue weighted by atomic mass is 16.2. The van der Waals surface area contributed by atoms with Gasteiger partial charge < -0.3 is 5.32 Å². The van der Waals surface area contributed by atoms with E-state index in [0.717, 1.165) is 13.0 Å². The summed E-state index contributed by atoms with van der Waals surface area (Å²) in [6, 6.07) is 0. The second-order valence-electron chi connectivity index (χ2n) is 2.31. The number of rotatable bonds is 0. The Hall–Kier alpha value is -0.790. The summed E-state index contributed by atoms with van der Waals surface area (Å²) in [6.45, 7) is 8.39. The average molecular weight is 127 g/mol. The average Bonchev–Trinajstić information content (AvgIpc) is 1.59. The molecule has 0 aliphatic carbocycles. The third-order valence-electron chi connectivity index (χ3n) is 0.674. The molecule has 0 bridgehead atoms. The summed E-state index contributed by atoms with van der Waals surface area (Å²) in [5.41, 5.74) is 1.17. The van der Waals surface area contributed by atoms with Gasteiger partial charge in [0.05, 0.1) is 0 Å². The minimum absolute atomic E-state index is 0.185. The third kappa shape index (κ3) is 7.21. The van der Waals surface area contributed by atoms with E-state index in [9.17, 15) is 4.79 Å². The zero-order valence-electron chi connectivity index (χ0n) is 6.03. The molecular weight excluding hydrogens is 114 g/mol. The second kappa shape index (κ2) is 4.13. The van der Waals surface area contributed by atoms with Gasteiger partial charge in [-0.15, -0.1) is 6.58 Å². The Balaban J connectivity index is 0.000000148. The minimum Gasteiger partial charge on any atom is -0.356 e. The number of hydrogen-bond acceptors (Lipinski definition) is 1. The summed E-state index contributed by atoms with van der Waals surface area (Å²) < 4.78 is 0. The van der Waals surface area contributed by atoms with E-state index in [0.29, 0.717) is 0 Å². The number of amides is 1. The van der Waals surface area contributed by atoms with Gasteiger partial charge in [0.1, 0.15) is 0 Å². The molecule has 1 saturated heterocycles. The van der Waals surface area contributed by atoms with E-state index >= 15 is 0 Å². The number of carbonyl (C=O) groups is 1. The van der Waals surface area contributed by atoms with Crippen molar-refractivity contribution in [2.24, 2.45) is 0 Å². The maximum Gasteiger partial charge on any atom is 0.221 e. The van der Waals surface area contributed by atoms with Gasteiger partial charge in [-0.2, -0.15) is 0 Å². The highest BCUT2D eigenvalue weighted by Crippen LogP contribution is 1.85. The first-order valence-corrected chi connectivity index (χ1v) is 3.01. The summed E-state index contributed by atoms with van der Waals surface area (Å²) in [6.07, 6.45) is 0.736. The van der Waals surface area contributed by atoms with Gasteiger partial charge in [0.15, 0.2) is 0 Å². The summed E-state index contributed by atoms with van der Waals surface area (Å²) in [7, 11) is 0. The largest absolute Gasteiger partial charge is 0.356 e. The fraction of sp³-hybridized carbons (Fsp3) is 0.571. The van der Waals surface area contributed by atoms with E-state index in [2.05, 4.69) is 11.9 Å². The fourth-order valence-corrected chi connectivity index (χ4v) is 0.227. The predicted molar refractivity (Wildman–Crippen MR) is 38.1 cm³/mol. The molecule has 1 fully saturated rings. The van der Waals surface area contributed by atoms with E-state index in [1.807, 2.05) is 13.8 Å². The van der Waals surface area contributed by atoms with Crippen molar-refractivity contribution in [1.82, 2.24) is 5.32 Å². The molecular formula is C7H13NO. The van der Waals surface area contributed by atoms with Crippen LogP contribution in [0.3, 0.4) is 0 Å². The Labute approximate surface area is 56.0 Å². The van der Waals surface area contributed by atoms with Gasteiger partial charge in [-0.1, -0.05) is 5.57 Å². The van der Waals surface area contributed by atoms with Crippen molar-refractivity contribution in [1.29, 1.82) is 0 Å². The van der Waals surface area contributed by atoms with Crippen LogP contribution in [0.25, 0.3) is 0 Å². The zero-order valence-corrected chi connectivity index (χ0v) is 6.03. The van der Waals surface area contributed by atoms with Crippen molar-refractivity contribution in [2.75, 3.05) is 6.54 Å². The van der Waals surface area contributed by atoms with Crippen LogP contribution in [0.4, 0.5) is 0 Å². The first kappa shape index (κ1) is 8.21. The van der Waals surface area contributed by atoms with Crippen molar-refractivity contribution in [3.05, 3.63) is 12.2 Å². The maximum atomic E-state index is 9.79. The van der Waals surface area contributed by atoms with Crippen LogP contribution < -0.4 is 5.32 Å². The van der Waals surface area contributed by atoms with E-state index in [1.165, 1.54) is 5.57 Å². The molecule has 0 aromatic rings. The minimum atomic E-state index is 0.185. The van der Waals surface area contributed by atoms with Crippen LogP contribution in [0, 0.1) is 0 Å².